The Morgan fingerprint density at radius 1 is 0.958 bits per heavy atom. The van der Waals surface area contributed by atoms with Crippen molar-refractivity contribution in [3.05, 3.63) is 65.2 Å². The SMILES string of the molecule is CC(C)(C)[Si](C)(C)Oc1ccccc1C1CN=Cc2ccccc21. The van der Waals surface area contributed by atoms with Gasteiger partial charge in [-0.25, -0.2) is 0 Å². The Balaban J connectivity index is 2.01. The minimum atomic E-state index is -1.87. The highest BCUT2D eigenvalue weighted by molar-refractivity contribution is 6.74. The second-order valence-electron chi connectivity index (χ2n) is 8.08. The van der Waals surface area contributed by atoms with Crippen LogP contribution in [0.25, 0.3) is 0 Å². The van der Waals surface area contributed by atoms with Crippen LogP contribution >= 0.6 is 0 Å². The number of fused-ring (bicyclic) bond motifs is 1. The standard InChI is InChI=1S/C21H27NOSi/c1-21(2,3)24(4,5)23-20-13-9-8-12-18(20)19-15-22-14-16-10-6-7-11-17(16)19/h6-14,19H,15H2,1-5H3. The molecule has 0 fully saturated rings. The summed E-state index contributed by atoms with van der Waals surface area (Å²) in [6.45, 7) is 12.2. The molecule has 3 heteroatoms. The highest BCUT2D eigenvalue weighted by Gasteiger charge is 2.39. The predicted octanol–water partition coefficient (Wildman–Crippen LogP) is 5.64. The van der Waals surface area contributed by atoms with E-state index in [1.807, 2.05) is 6.21 Å². The maximum absolute atomic E-state index is 6.65. The first-order valence-electron chi connectivity index (χ1n) is 8.66. The smallest absolute Gasteiger partial charge is 0.250 e. The molecule has 1 atom stereocenters. The van der Waals surface area contributed by atoms with Gasteiger partial charge in [-0.2, -0.15) is 0 Å². The Morgan fingerprint density at radius 3 is 2.29 bits per heavy atom. The normalized spacial score (nSPS) is 17.5. The third-order valence-electron chi connectivity index (χ3n) is 5.36. The number of aliphatic imine (C=N–C) groups is 1. The zero-order valence-electron chi connectivity index (χ0n) is 15.3. The van der Waals surface area contributed by atoms with Gasteiger partial charge in [-0.3, -0.25) is 4.99 Å². The zero-order valence-corrected chi connectivity index (χ0v) is 16.3. The van der Waals surface area contributed by atoms with Crippen molar-refractivity contribution < 1.29 is 4.43 Å². The van der Waals surface area contributed by atoms with Crippen LogP contribution in [0.15, 0.2) is 53.5 Å². The van der Waals surface area contributed by atoms with Crippen molar-refractivity contribution >= 4 is 14.5 Å². The van der Waals surface area contributed by atoms with Crippen LogP contribution in [0, 0.1) is 0 Å². The largest absolute Gasteiger partial charge is 0.543 e. The minimum Gasteiger partial charge on any atom is -0.543 e. The first-order chi connectivity index (χ1) is 11.3. The fraction of sp³-hybridized carbons (Fsp3) is 0.381. The predicted molar refractivity (Wildman–Crippen MR) is 105 cm³/mol. The summed E-state index contributed by atoms with van der Waals surface area (Å²) in [5.74, 6) is 1.30. The summed E-state index contributed by atoms with van der Waals surface area (Å²) >= 11 is 0. The second kappa shape index (κ2) is 6.21. The molecule has 126 valence electrons. The van der Waals surface area contributed by atoms with E-state index in [1.165, 1.54) is 16.7 Å². The van der Waals surface area contributed by atoms with Crippen LogP contribution in [0.4, 0.5) is 0 Å². The molecule has 3 rings (SSSR count). The molecule has 0 amide bonds. The second-order valence-corrected chi connectivity index (χ2v) is 12.8. The van der Waals surface area contributed by atoms with Crippen molar-refractivity contribution in [2.75, 3.05) is 6.54 Å². The van der Waals surface area contributed by atoms with E-state index in [2.05, 4.69) is 87.4 Å². The molecule has 0 saturated carbocycles. The molecule has 0 radical (unpaired) electrons. The van der Waals surface area contributed by atoms with Crippen molar-refractivity contribution in [3.63, 3.8) is 0 Å². The fourth-order valence-corrected chi connectivity index (χ4v) is 3.90. The lowest BCUT2D eigenvalue weighted by Gasteiger charge is -2.37. The third-order valence-corrected chi connectivity index (χ3v) is 9.70. The lowest BCUT2D eigenvalue weighted by Crippen LogP contribution is -2.44. The number of benzene rings is 2. The van der Waals surface area contributed by atoms with Gasteiger partial charge in [0, 0.05) is 17.7 Å². The van der Waals surface area contributed by atoms with Crippen molar-refractivity contribution in [1.29, 1.82) is 0 Å². The molecule has 2 nitrogen and oxygen atoms in total. The Hall–Kier alpha value is -1.87. The summed E-state index contributed by atoms with van der Waals surface area (Å²) in [7, 11) is -1.87. The molecule has 0 aromatic heterocycles. The van der Waals surface area contributed by atoms with Crippen LogP contribution in [0.1, 0.15) is 43.4 Å². The lowest BCUT2D eigenvalue weighted by atomic mass is 9.86. The van der Waals surface area contributed by atoms with Gasteiger partial charge in [-0.15, -0.1) is 0 Å². The Kier molecular flexibility index (Phi) is 4.39. The molecule has 2 aromatic carbocycles. The van der Waals surface area contributed by atoms with Crippen molar-refractivity contribution in [2.45, 2.75) is 44.8 Å². The summed E-state index contributed by atoms with van der Waals surface area (Å²) in [4.78, 5) is 4.59. The third kappa shape index (κ3) is 3.18. The first-order valence-corrected chi connectivity index (χ1v) is 11.6. The van der Waals surface area contributed by atoms with Crippen molar-refractivity contribution in [1.82, 2.24) is 0 Å². The van der Waals surface area contributed by atoms with E-state index in [4.69, 9.17) is 4.43 Å². The number of rotatable bonds is 3. The van der Waals surface area contributed by atoms with Crippen molar-refractivity contribution in [3.8, 4) is 5.75 Å². The van der Waals surface area contributed by atoms with Crippen LogP contribution in [0.2, 0.25) is 18.1 Å². The highest BCUT2D eigenvalue weighted by atomic mass is 28.4. The van der Waals surface area contributed by atoms with Gasteiger partial charge in [0.25, 0.3) is 0 Å². The molecule has 0 N–H and O–H groups in total. The molecule has 1 aliphatic rings. The molecular weight excluding hydrogens is 310 g/mol. The maximum atomic E-state index is 6.65. The number of para-hydroxylation sites is 1. The Morgan fingerprint density at radius 2 is 1.58 bits per heavy atom. The number of hydrogen-bond donors (Lipinski definition) is 0. The van der Waals surface area contributed by atoms with Crippen molar-refractivity contribution in [2.24, 2.45) is 4.99 Å². The van der Waals surface area contributed by atoms with Gasteiger partial charge < -0.3 is 4.43 Å². The average Bonchev–Trinajstić information content (AvgIpc) is 2.53. The van der Waals surface area contributed by atoms with E-state index in [1.54, 1.807) is 0 Å². The maximum Gasteiger partial charge on any atom is 0.250 e. The van der Waals surface area contributed by atoms with E-state index in [-0.39, 0.29) is 11.0 Å². The van der Waals surface area contributed by atoms with Gasteiger partial charge in [0.15, 0.2) is 0 Å². The zero-order chi connectivity index (χ0) is 17.4. The van der Waals surface area contributed by atoms with Crippen LogP contribution < -0.4 is 4.43 Å². The summed E-state index contributed by atoms with van der Waals surface area (Å²) in [6.07, 6.45) is 1.99. The summed E-state index contributed by atoms with van der Waals surface area (Å²) in [5, 5.41) is 0.183. The lowest BCUT2D eigenvalue weighted by molar-refractivity contribution is 0.484. The number of hydrogen-bond acceptors (Lipinski definition) is 2. The van der Waals surface area contributed by atoms with Gasteiger partial charge in [-0.1, -0.05) is 63.2 Å². The molecule has 2 aromatic rings. The van der Waals surface area contributed by atoms with Gasteiger partial charge in [-0.05, 0) is 35.3 Å². The van der Waals surface area contributed by atoms with E-state index in [9.17, 15) is 0 Å². The van der Waals surface area contributed by atoms with Gasteiger partial charge in [0.05, 0.1) is 6.54 Å². The Bertz CT molecular complexity index is 758. The topological polar surface area (TPSA) is 21.6 Å². The van der Waals surface area contributed by atoms with E-state index in [0.717, 1.165) is 12.3 Å². The monoisotopic (exact) mass is 337 g/mol. The molecule has 0 saturated heterocycles. The van der Waals surface area contributed by atoms with E-state index < -0.39 is 8.32 Å². The molecule has 0 bridgehead atoms. The molecule has 0 aliphatic carbocycles. The van der Waals surface area contributed by atoms with Crippen LogP contribution in [-0.4, -0.2) is 21.1 Å². The molecule has 24 heavy (non-hydrogen) atoms. The quantitative estimate of drug-likeness (QED) is 0.665. The highest BCUT2D eigenvalue weighted by Crippen LogP contribution is 2.41. The van der Waals surface area contributed by atoms with E-state index >= 15 is 0 Å². The number of nitrogens with zero attached hydrogens (tertiary/aromatic N) is 1. The summed E-state index contributed by atoms with van der Waals surface area (Å²) < 4.78 is 6.65. The molecular formula is C21H27NOSi. The molecule has 1 unspecified atom stereocenters. The Labute approximate surface area is 146 Å². The van der Waals surface area contributed by atoms with E-state index in [0.29, 0.717) is 0 Å². The van der Waals surface area contributed by atoms with Gasteiger partial charge >= 0.3 is 0 Å². The molecule has 0 spiro atoms. The average molecular weight is 338 g/mol. The summed E-state index contributed by atoms with van der Waals surface area (Å²) in [5.41, 5.74) is 3.82. The molecule has 1 aliphatic heterocycles. The minimum absolute atomic E-state index is 0.183. The van der Waals surface area contributed by atoms with Gasteiger partial charge in [0.1, 0.15) is 5.75 Å². The van der Waals surface area contributed by atoms with Gasteiger partial charge in [0.2, 0.25) is 8.32 Å². The summed E-state index contributed by atoms with van der Waals surface area (Å²) in [6, 6.07) is 17.0. The fourth-order valence-electron chi connectivity index (χ4n) is 2.86. The van der Waals surface area contributed by atoms with Crippen LogP contribution in [0.3, 0.4) is 0 Å². The van der Waals surface area contributed by atoms with Crippen LogP contribution in [-0.2, 0) is 0 Å². The molecule has 1 heterocycles. The van der Waals surface area contributed by atoms with Crippen LogP contribution in [0.5, 0.6) is 5.75 Å². The first kappa shape index (κ1) is 17.0.